The van der Waals surface area contributed by atoms with E-state index in [1.807, 2.05) is 4.90 Å². The minimum absolute atomic E-state index is 0.0560. The van der Waals surface area contributed by atoms with Crippen molar-refractivity contribution in [2.45, 2.75) is 12.8 Å². The molecule has 2 rings (SSSR count). The summed E-state index contributed by atoms with van der Waals surface area (Å²) in [4.78, 5) is 25.6. The van der Waals surface area contributed by atoms with Crippen LogP contribution in [-0.2, 0) is 4.79 Å². The Hall–Kier alpha value is -1.63. The number of nitrogens with zero attached hydrogens (tertiary/aromatic N) is 4. The van der Waals surface area contributed by atoms with Crippen LogP contribution in [0.25, 0.3) is 0 Å². The van der Waals surface area contributed by atoms with E-state index in [0.717, 1.165) is 12.8 Å². The van der Waals surface area contributed by atoms with Crippen LogP contribution in [0, 0.1) is 5.92 Å². The minimum atomic E-state index is 0.0560. The molecule has 0 saturated carbocycles. The third-order valence-corrected chi connectivity index (χ3v) is 3.32. The van der Waals surface area contributed by atoms with E-state index in [4.69, 9.17) is 16.3 Å². The summed E-state index contributed by atoms with van der Waals surface area (Å²) in [5, 5.41) is 2.78. The maximum Gasteiger partial charge on any atom is 0.322 e. The monoisotopic (exact) mass is 285 g/mol. The molecule has 1 aromatic heterocycles. The molecule has 1 N–H and O–H groups in total. The highest BCUT2D eigenvalue weighted by atomic mass is 35.5. The summed E-state index contributed by atoms with van der Waals surface area (Å²) in [6, 6.07) is 0.198. The highest BCUT2D eigenvalue weighted by molar-refractivity contribution is 6.28. The zero-order valence-corrected chi connectivity index (χ0v) is 11.6. The molecule has 1 aromatic rings. The number of methoxy groups -OCH3 is 1. The lowest BCUT2D eigenvalue weighted by Crippen LogP contribution is -2.40. The molecule has 0 spiro atoms. The number of nitrogens with one attached hydrogen (secondary N) is 1. The molecule has 1 saturated heterocycles. The minimum Gasteiger partial charge on any atom is -0.467 e. The fraction of sp³-hybridized carbons (Fsp3) is 0.636. The van der Waals surface area contributed by atoms with E-state index in [2.05, 4.69) is 20.3 Å². The number of carbonyl (C=O) groups excluding carboxylic acids is 1. The quantitative estimate of drug-likeness (QED) is 0.871. The number of anilines is 1. The summed E-state index contributed by atoms with van der Waals surface area (Å²) < 4.78 is 4.97. The molecule has 0 bridgehead atoms. The smallest absolute Gasteiger partial charge is 0.322 e. The molecule has 1 aliphatic rings. The second kappa shape index (κ2) is 6.01. The van der Waals surface area contributed by atoms with E-state index in [1.54, 1.807) is 7.05 Å². The first-order valence-electron chi connectivity index (χ1n) is 6.06. The Kier molecular flexibility index (Phi) is 4.36. The van der Waals surface area contributed by atoms with Crippen molar-refractivity contribution in [2.24, 2.45) is 5.92 Å². The third kappa shape index (κ3) is 3.23. The molecule has 0 atom stereocenters. The second-order valence-corrected chi connectivity index (χ2v) is 4.60. The van der Waals surface area contributed by atoms with Gasteiger partial charge in [0.15, 0.2) is 0 Å². The van der Waals surface area contributed by atoms with Crippen LogP contribution in [-0.4, -0.2) is 48.1 Å². The number of piperidine rings is 1. The summed E-state index contributed by atoms with van der Waals surface area (Å²) in [5.74, 6) is 0.638. The normalized spacial score (nSPS) is 16.3. The Labute approximate surface area is 116 Å². The fourth-order valence-corrected chi connectivity index (χ4v) is 2.25. The molecule has 0 aromatic carbocycles. The molecular formula is C11H16ClN5O2. The van der Waals surface area contributed by atoms with E-state index < -0.39 is 0 Å². The second-order valence-electron chi connectivity index (χ2n) is 4.27. The van der Waals surface area contributed by atoms with Gasteiger partial charge in [-0.1, -0.05) is 0 Å². The van der Waals surface area contributed by atoms with E-state index >= 15 is 0 Å². The molecule has 2 heterocycles. The molecule has 0 aliphatic carbocycles. The molecule has 1 fully saturated rings. The largest absolute Gasteiger partial charge is 0.467 e. The van der Waals surface area contributed by atoms with Gasteiger partial charge >= 0.3 is 6.01 Å². The number of ether oxygens (including phenoxy) is 1. The van der Waals surface area contributed by atoms with Crippen LogP contribution in [0.3, 0.4) is 0 Å². The van der Waals surface area contributed by atoms with Gasteiger partial charge in [-0.05, 0) is 24.4 Å². The number of amides is 1. The summed E-state index contributed by atoms with van der Waals surface area (Å²) in [5.41, 5.74) is 0. The van der Waals surface area contributed by atoms with Crippen molar-refractivity contribution in [3.05, 3.63) is 5.28 Å². The van der Waals surface area contributed by atoms with E-state index in [1.165, 1.54) is 7.11 Å². The van der Waals surface area contributed by atoms with Crippen molar-refractivity contribution in [1.29, 1.82) is 0 Å². The van der Waals surface area contributed by atoms with Crippen molar-refractivity contribution in [2.75, 3.05) is 32.1 Å². The van der Waals surface area contributed by atoms with Crippen molar-refractivity contribution >= 4 is 23.5 Å². The first kappa shape index (κ1) is 13.8. The molecule has 1 aliphatic heterocycles. The molecule has 1 amide bonds. The summed E-state index contributed by atoms with van der Waals surface area (Å²) in [7, 11) is 3.14. The molecule has 104 valence electrons. The summed E-state index contributed by atoms with van der Waals surface area (Å²) in [6.45, 7) is 1.42. The summed E-state index contributed by atoms with van der Waals surface area (Å²) in [6.07, 6.45) is 1.54. The highest BCUT2D eigenvalue weighted by Gasteiger charge is 2.26. The van der Waals surface area contributed by atoms with Crippen LogP contribution in [0.2, 0.25) is 5.28 Å². The zero-order chi connectivity index (χ0) is 13.8. The topological polar surface area (TPSA) is 80.2 Å². The molecule has 0 radical (unpaired) electrons. The first-order valence-corrected chi connectivity index (χ1v) is 6.44. The fourth-order valence-electron chi connectivity index (χ4n) is 2.10. The van der Waals surface area contributed by atoms with Gasteiger partial charge in [-0.3, -0.25) is 4.79 Å². The first-order chi connectivity index (χ1) is 9.13. The van der Waals surface area contributed by atoms with Gasteiger partial charge in [0, 0.05) is 26.1 Å². The van der Waals surface area contributed by atoms with Gasteiger partial charge in [-0.15, -0.1) is 0 Å². The van der Waals surface area contributed by atoms with Crippen LogP contribution in [0.5, 0.6) is 6.01 Å². The predicted octanol–water partition coefficient (Wildman–Crippen LogP) is 0.496. The average molecular weight is 286 g/mol. The maximum absolute atomic E-state index is 11.6. The number of hydrogen-bond donors (Lipinski definition) is 1. The maximum atomic E-state index is 11.6. The van der Waals surface area contributed by atoms with E-state index in [9.17, 15) is 4.79 Å². The molecule has 0 unspecified atom stereocenters. The lowest BCUT2D eigenvalue weighted by Gasteiger charge is -2.30. The Morgan fingerprint density at radius 3 is 2.63 bits per heavy atom. The molecule has 19 heavy (non-hydrogen) atoms. The standard InChI is InChI=1S/C11H16ClN5O2/c1-13-8(18)7-3-5-17(6-4-7)10-14-9(12)15-11(16-10)19-2/h7H,3-6H2,1-2H3,(H,13,18). The average Bonchev–Trinajstić information content (AvgIpc) is 2.46. The van der Waals surface area contributed by atoms with Gasteiger partial charge in [0.2, 0.25) is 17.1 Å². The Balaban J connectivity index is 2.05. The predicted molar refractivity (Wildman–Crippen MR) is 70.4 cm³/mol. The van der Waals surface area contributed by atoms with Crippen LogP contribution in [0.4, 0.5) is 5.95 Å². The van der Waals surface area contributed by atoms with Gasteiger partial charge in [0.25, 0.3) is 0 Å². The number of halogens is 1. The Morgan fingerprint density at radius 2 is 2.05 bits per heavy atom. The number of rotatable bonds is 3. The Bertz CT molecular complexity index is 462. The van der Waals surface area contributed by atoms with Crippen molar-refractivity contribution < 1.29 is 9.53 Å². The molecular weight excluding hydrogens is 270 g/mol. The van der Waals surface area contributed by atoms with Crippen LogP contribution >= 0.6 is 11.6 Å². The van der Waals surface area contributed by atoms with Crippen LogP contribution in [0.1, 0.15) is 12.8 Å². The Morgan fingerprint density at radius 1 is 1.37 bits per heavy atom. The van der Waals surface area contributed by atoms with Gasteiger partial charge < -0.3 is 15.0 Å². The molecule has 8 heteroatoms. The third-order valence-electron chi connectivity index (χ3n) is 3.15. The number of aromatic nitrogens is 3. The lowest BCUT2D eigenvalue weighted by atomic mass is 9.96. The van der Waals surface area contributed by atoms with Crippen LogP contribution in [0.15, 0.2) is 0 Å². The number of carbonyl (C=O) groups is 1. The van der Waals surface area contributed by atoms with Gasteiger partial charge in [-0.2, -0.15) is 15.0 Å². The summed E-state index contributed by atoms with van der Waals surface area (Å²) >= 11 is 5.82. The number of hydrogen-bond acceptors (Lipinski definition) is 6. The zero-order valence-electron chi connectivity index (χ0n) is 10.9. The lowest BCUT2D eigenvalue weighted by molar-refractivity contribution is -0.125. The van der Waals surface area contributed by atoms with Gasteiger partial charge in [-0.25, -0.2) is 0 Å². The van der Waals surface area contributed by atoms with Crippen molar-refractivity contribution in [3.8, 4) is 6.01 Å². The SMILES string of the molecule is CNC(=O)C1CCN(c2nc(Cl)nc(OC)n2)CC1. The van der Waals surface area contributed by atoms with Gasteiger partial charge in [0.05, 0.1) is 7.11 Å². The van der Waals surface area contributed by atoms with E-state index in [-0.39, 0.29) is 23.1 Å². The van der Waals surface area contributed by atoms with Crippen molar-refractivity contribution in [1.82, 2.24) is 20.3 Å². The highest BCUT2D eigenvalue weighted by Crippen LogP contribution is 2.22. The van der Waals surface area contributed by atoms with E-state index in [0.29, 0.717) is 19.0 Å². The molecule has 7 nitrogen and oxygen atoms in total. The van der Waals surface area contributed by atoms with Crippen LogP contribution < -0.4 is 15.0 Å². The van der Waals surface area contributed by atoms with Gasteiger partial charge in [0.1, 0.15) is 0 Å². The van der Waals surface area contributed by atoms with Crippen molar-refractivity contribution in [3.63, 3.8) is 0 Å².